The van der Waals surface area contributed by atoms with E-state index in [0.717, 1.165) is 17.9 Å². The molecule has 5 nitrogen and oxygen atoms in total. The van der Waals surface area contributed by atoms with Gasteiger partial charge in [0.05, 0.1) is 11.8 Å². The minimum Gasteiger partial charge on any atom is -0.489 e. The zero-order chi connectivity index (χ0) is 18.2. The van der Waals surface area contributed by atoms with E-state index in [1.807, 2.05) is 38.1 Å². The van der Waals surface area contributed by atoms with Gasteiger partial charge in [0.2, 0.25) is 0 Å². The quantitative estimate of drug-likeness (QED) is 0.747. The molecular formula is C20H27N3O2. The van der Waals surface area contributed by atoms with Crippen LogP contribution in [0, 0.1) is 5.92 Å². The predicted octanol–water partition coefficient (Wildman–Crippen LogP) is 4.39. The highest BCUT2D eigenvalue weighted by molar-refractivity contribution is 5.94. The van der Waals surface area contributed by atoms with E-state index in [9.17, 15) is 4.79 Å². The van der Waals surface area contributed by atoms with E-state index in [4.69, 9.17) is 4.74 Å². The second-order valence-corrected chi connectivity index (χ2v) is 6.66. The van der Waals surface area contributed by atoms with Gasteiger partial charge in [0, 0.05) is 18.3 Å². The van der Waals surface area contributed by atoms with Gasteiger partial charge in [-0.3, -0.25) is 4.79 Å². The highest BCUT2D eigenvalue weighted by atomic mass is 16.5. The largest absolute Gasteiger partial charge is 0.489 e. The topological polar surface area (TPSA) is 63.2 Å². The molecular weight excluding hydrogens is 314 g/mol. The number of pyridine rings is 1. The normalized spacial score (nSPS) is 10.8. The van der Waals surface area contributed by atoms with Crippen molar-refractivity contribution in [1.82, 2.24) is 10.3 Å². The maximum Gasteiger partial charge on any atom is 0.251 e. The maximum absolute atomic E-state index is 12.3. The number of nitrogens with zero attached hydrogens (tertiary/aromatic N) is 1. The Bertz CT molecular complexity index is 699. The molecule has 0 atom stereocenters. The molecule has 0 unspecified atom stereocenters. The summed E-state index contributed by atoms with van der Waals surface area (Å²) in [6.45, 7) is 8.91. The van der Waals surface area contributed by atoms with Crippen LogP contribution in [0.3, 0.4) is 0 Å². The van der Waals surface area contributed by atoms with Gasteiger partial charge in [-0.05, 0) is 50.5 Å². The molecule has 1 aromatic carbocycles. The second kappa shape index (κ2) is 9.06. The van der Waals surface area contributed by atoms with Crippen molar-refractivity contribution >= 4 is 17.4 Å². The summed E-state index contributed by atoms with van der Waals surface area (Å²) in [5.74, 6) is 1.84. The van der Waals surface area contributed by atoms with Crippen LogP contribution in [0.1, 0.15) is 44.5 Å². The lowest BCUT2D eigenvalue weighted by molar-refractivity contribution is 0.0952. The van der Waals surface area contributed by atoms with Gasteiger partial charge in [0.1, 0.15) is 11.6 Å². The van der Waals surface area contributed by atoms with Gasteiger partial charge >= 0.3 is 0 Å². The van der Waals surface area contributed by atoms with E-state index in [0.29, 0.717) is 23.8 Å². The lowest BCUT2D eigenvalue weighted by atomic mass is 10.1. The Balaban J connectivity index is 2.08. The summed E-state index contributed by atoms with van der Waals surface area (Å²) < 4.78 is 5.80. The molecule has 134 valence electrons. The summed E-state index contributed by atoms with van der Waals surface area (Å²) in [6.07, 6.45) is 2.67. The lowest BCUT2D eigenvalue weighted by Crippen LogP contribution is -2.25. The highest BCUT2D eigenvalue weighted by Gasteiger charge is 2.09. The third-order valence-corrected chi connectivity index (χ3v) is 3.54. The van der Waals surface area contributed by atoms with E-state index < -0.39 is 0 Å². The van der Waals surface area contributed by atoms with Crippen molar-refractivity contribution in [1.29, 1.82) is 0 Å². The molecule has 1 amide bonds. The standard InChI is InChI=1S/C20H27N3O2/c1-14(2)9-11-22-20(24)16-10-12-21-19(13-16)23-17-7-5-6-8-18(17)25-15(3)4/h5-8,10,12-15H,9,11H2,1-4H3,(H,21,23)(H,22,24). The van der Waals surface area contributed by atoms with Crippen molar-refractivity contribution in [2.75, 3.05) is 11.9 Å². The summed E-state index contributed by atoms with van der Waals surface area (Å²) in [4.78, 5) is 16.6. The van der Waals surface area contributed by atoms with E-state index in [1.54, 1.807) is 18.3 Å². The van der Waals surface area contributed by atoms with Crippen molar-refractivity contribution in [3.8, 4) is 5.75 Å². The number of para-hydroxylation sites is 2. The van der Waals surface area contributed by atoms with Gasteiger partial charge in [0.15, 0.2) is 0 Å². The number of rotatable bonds is 8. The fourth-order valence-electron chi connectivity index (χ4n) is 2.28. The van der Waals surface area contributed by atoms with Gasteiger partial charge in [-0.1, -0.05) is 26.0 Å². The number of carbonyl (C=O) groups is 1. The smallest absolute Gasteiger partial charge is 0.251 e. The monoisotopic (exact) mass is 341 g/mol. The van der Waals surface area contributed by atoms with Crippen molar-refractivity contribution in [2.45, 2.75) is 40.2 Å². The number of hydrogen-bond acceptors (Lipinski definition) is 4. The average Bonchev–Trinajstić information content (AvgIpc) is 2.56. The zero-order valence-corrected chi connectivity index (χ0v) is 15.4. The van der Waals surface area contributed by atoms with Gasteiger partial charge in [-0.2, -0.15) is 0 Å². The van der Waals surface area contributed by atoms with Crippen molar-refractivity contribution in [3.05, 3.63) is 48.2 Å². The molecule has 25 heavy (non-hydrogen) atoms. The van der Waals surface area contributed by atoms with E-state index in [1.165, 1.54) is 0 Å². The first-order valence-electron chi connectivity index (χ1n) is 8.72. The first-order valence-corrected chi connectivity index (χ1v) is 8.72. The Morgan fingerprint density at radius 3 is 2.64 bits per heavy atom. The molecule has 0 saturated carbocycles. The molecule has 0 bridgehead atoms. The SMILES string of the molecule is CC(C)CCNC(=O)c1ccnc(Nc2ccccc2OC(C)C)c1. The summed E-state index contributed by atoms with van der Waals surface area (Å²) >= 11 is 0. The predicted molar refractivity (Wildman–Crippen MR) is 102 cm³/mol. The maximum atomic E-state index is 12.3. The number of nitrogens with one attached hydrogen (secondary N) is 2. The van der Waals surface area contributed by atoms with Crippen LogP contribution in [0.4, 0.5) is 11.5 Å². The van der Waals surface area contributed by atoms with Crippen LogP contribution in [0.15, 0.2) is 42.6 Å². The van der Waals surface area contributed by atoms with Crippen LogP contribution in [0.2, 0.25) is 0 Å². The number of anilines is 2. The van der Waals surface area contributed by atoms with Crippen molar-refractivity contribution in [2.24, 2.45) is 5.92 Å². The van der Waals surface area contributed by atoms with Gasteiger partial charge < -0.3 is 15.4 Å². The summed E-state index contributed by atoms with van der Waals surface area (Å²) in [5, 5.41) is 6.17. The van der Waals surface area contributed by atoms with Gasteiger partial charge in [-0.15, -0.1) is 0 Å². The van der Waals surface area contributed by atoms with Crippen molar-refractivity contribution < 1.29 is 9.53 Å². The number of benzene rings is 1. The molecule has 1 heterocycles. The molecule has 5 heteroatoms. The van der Waals surface area contributed by atoms with Gasteiger partial charge in [0.25, 0.3) is 5.91 Å². The molecule has 0 radical (unpaired) electrons. The van der Waals surface area contributed by atoms with Crippen LogP contribution in [-0.2, 0) is 0 Å². The molecule has 2 rings (SSSR count). The Kier molecular flexibility index (Phi) is 6.81. The van der Waals surface area contributed by atoms with Crippen LogP contribution in [-0.4, -0.2) is 23.5 Å². The highest BCUT2D eigenvalue weighted by Crippen LogP contribution is 2.27. The van der Waals surface area contributed by atoms with E-state index in [2.05, 4.69) is 29.5 Å². The Hall–Kier alpha value is -2.56. The number of aromatic nitrogens is 1. The third-order valence-electron chi connectivity index (χ3n) is 3.54. The molecule has 2 N–H and O–H groups in total. The number of carbonyl (C=O) groups excluding carboxylic acids is 1. The fourth-order valence-corrected chi connectivity index (χ4v) is 2.28. The third kappa shape index (κ3) is 6.10. The minimum atomic E-state index is -0.0854. The van der Waals surface area contributed by atoms with Crippen LogP contribution in [0.25, 0.3) is 0 Å². The first kappa shape index (κ1) is 18.8. The van der Waals surface area contributed by atoms with Crippen molar-refractivity contribution in [3.63, 3.8) is 0 Å². The number of amides is 1. The van der Waals surface area contributed by atoms with Gasteiger partial charge in [-0.25, -0.2) is 4.98 Å². The molecule has 0 spiro atoms. The second-order valence-electron chi connectivity index (χ2n) is 6.66. The molecule has 0 fully saturated rings. The van der Waals surface area contributed by atoms with Crippen LogP contribution < -0.4 is 15.4 Å². The molecule has 2 aromatic rings. The summed E-state index contributed by atoms with van der Waals surface area (Å²) in [5.41, 5.74) is 1.41. The average molecular weight is 341 g/mol. The summed E-state index contributed by atoms with van der Waals surface area (Å²) in [7, 11) is 0. The Morgan fingerprint density at radius 1 is 1.16 bits per heavy atom. The molecule has 0 aliphatic heterocycles. The number of hydrogen-bond donors (Lipinski definition) is 2. The Labute approximate surface area is 149 Å². The van der Waals surface area contributed by atoms with Crippen LogP contribution >= 0.6 is 0 Å². The lowest BCUT2D eigenvalue weighted by Gasteiger charge is -2.15. The molecule has 1 aromatic heterocycles. The van der Waals surface area contributed by atoms with E-state index in [-0.39, 0.29) is 12.0 Å². The number of ether oxygens (including phenoxy) is 1. The molecule has 0 aliphatic rings. The fraction of sp³-hybridized carbons (Fsp3) is 0.400. The van der Waals surface area contributed by atoms with E-state index >= 15 is 0 Å². The Morgan fingerprint density at radius 2 is 1.92 bits per heavy atom. The van der Waals surface area contributed by atoms with Crippen LogP contribution in [0.5, 0.6) is 5.75 Å². The molecule has 0 aliphatic carbocycles. The zero-order valence-electron chi connectivity index (χ0n) is 15.4. The minimum absolute atomic E-state index is 0.0778. The first-order chi connectivity index (χ1) is 12.0. The molecule has 0 saturated heterocycles. The summed E-state index contributed by atoms with van der Waals surface area (Å²) in [6, 6.07) is 11.1.